The Morgan fingerprint density at radius 3 is 2.19 bits per heavy atom. The topological polar surface area (TPSA) is 96.0 Å². The summed E-state index contributed by atoms with van der Waals surface area (Å²) >= 11 is 7.59. The number of carbonyl (C=O) groups is 2. The van der Waals surface area contributed by atoms with Crippen molar-refractivity contribution in [2.75, 3.05) is 23.7 Å². The number of carbonyl (C=O) groups excluding carboxylic acids is 2. The summed E-state index contributed by atoms with van der Waals surface area (Å²) in [6.07, 6.45) is 2.96. The Balaban J connectivity index is 2.11. The predicted octanol–water partition coefficient (Wildman–Crippen LogP) is 6.38. The summed E-state index contributed by atoms with van der Waals surface area (Å²) in [6, 6.07) is 19.3. The molecular formula is C32H40ClN3O5S2. The molecule has 11 heteroatoms. The minimum atomic E-state index is -4.22. The van der Waals surface area contributed by atoms with Crippen molar-refractivity contribution in [2.45, 2.75) is 69.0 Å². The molecule has 3 aromatic carbocycles. The van der Waals surface area contributed by atoms with E-state index in [4.69, 9.17) is 16.3 Å². The van der Waals surface area contributed by atoms with Crippen LogP contribution in [-0.4, -0.2) is 56.6 Å². The Kier molecular flexibility index (Phi) is 12.8. The molecule has 3 rings (SSSR count). The molecule has 0 bridgehead atoms. The highest BCUT2D eigenvalue weighted by Gasteiger charge is 2.35. The molecule has 0 saturated heterocycles. The van der Waals surface area contributed by atoms with Crippen LogP contribution < -0.4 is 14.4 Å². The van der Waals surface area contributed by atoms with Crippen LogP contribution in [0.1, 0.15) is 46.1 Å². The highest BCUT2D eigenvalue weighted by Crippen LogP contribution is 2.33. The maximum Gasteiger partial charge on any atom is 0.264 e. The van der Waals surface area contributed by atoms with Crippen LogP contribution in [0.3, 0.4) is 0 Å². The van der Waals surface area contributed by atoms with Crippen LogP contribution in [0.25, 0.3) is 0 Å². The first-order valence-electron chi connectivity index (χ1n) is 14.3. The highest BCUT2D eigenvalue weighted by molar-refractivity contribution is 7.98. The van der Waals surface area contributed by atoms with Gasteiger partial charge >= 0.3 is 0 Å². The number of amides is 2. The number of rotatable bonds is 15. The van der Waals surface area contributed by atoms with E-state index in [1.54, 1.807) is 67.6 Å². The standard InChI is InChI=1S/C32H40ClN3O5S2/c1-6-23(4)34-32(38)28(7-2)35(21-24-13-15-25(33)16-14-24)31(37)22-36(29-11-9-10-12-30(29)41-8-3)43(39,40)27-19-17-26(42-5)18-20-27/h9-20,23,28H,6-8,21-22H2,1-5H3,(H,34,38)/t23-,28+/m0/s1. The number of anilines is 1. The van der Waals surface area contributed by atoms with Crippen LogP contribution in [0, 0.1) is 0 Å². The number of nitrogens with one attached hydrogen (secondary N) is 1. The molecule has 0 unspecified atom stereocenters. The molecule has 1 N–H and O–H groups in total. The zero-order valence-corrected chi connectivity index (χ0v) is 27.6. The molecule has 0 radical (unpaired) electrons. The second kappa shape index (κ2) is 16.0. The summed E-state index contributed by atoms with van der Waals surface area (Å²) in [7, 11) is -4.22. The molecule has 8 nitrogen and oxygen atoms in total. The van der Waals surface area contributed by atoms with E-state index < -0.39 is 28.5 Å². The monoisotopic (exact) mass is 645 g/mol. The van der Waals surface area contributed by atoms with Crippen LogP contribution in [0.15, 0.2) is 82.6 Å². The number of sulfonamides is 1. The predicted molar refractivity (Wildman–Crippen MR) is 174 cm³/mol. The lowest BCUT2D eigenvalue weighted by molar-refractivity contribution is -0.140. The number of thioether (sulfide) groups is 1. The number of halogens is 1. The van der Waals surface area contributed by atoms with Crippen LogP contribution in [-0.2, 0) is 26.2 Å². The van der Waals surface area contributed by atoms with E-state index in [1.807, 2.05) is 27.0 Å². The lowest BCUT2D eigenvalue weighted by atomic mass is 10.1. The van der Waals surface area contributed by atoms with E-state index >= 15 is 0 Å². The van der Waals surface area contributed by atoms with Gasteiger partial charge in [0.05, 0.1) is 17.2 Å². The molecule has 3 aromatic rings. The van der Waals surface area contributed by atoms with Crippen molar-refractivity contribution in [3.63, 3.8) is 0 Å². The van der Waals surface area contributed by atoms with Gasteiger partial charge in [0.15, 0.2) is 0 Å². The van der Waals surface area contributed by atoms with Crippen molar-refractivity contribution in [1.82, 2.24) is 10.2 Å². The third-order valence-electron chi connectivity index (χ3n) is 7.01. The van der Waals surface area contributed by atoms with Gasteiger partial charge in [0, 0.05) is 22.5 Å². The molecule has 2 amide bonds. The van der Waals surface area contributed by atoms with E-state index in [9.17, 15) is 18.0 Å². The molecule has 0 spiro atoms. The molecule has 0 aliphatic rings. The quantitative estimate of drug-likeness (QED) is 0.193. The van der Waals surface area contributed by atoms with Gasteiger partial charge < -0.3 is 15.0 Å². The van der Waals surface area contributed by atoms with Gasteiger partial charge in [0.1, 0.15) is 18.3 Å². The molecule has 2 atom stereocenters. The summed E-state index contributed by atoms with van der Waals surface area (Å²) in [5.74, 6) is -0.499. The third kappa shape index (κ3) is 8.90. The van der Waals surface area contributed by atoms with E-state index in [2.05, 4.69) is 5.32 Å². The first-order chi connectivity index (χ1) is 20.5. The second-order valence-electron chi connectivity index (χ2n) is 9.98. The van der Waals surface area contributed by atoms with Gasteiger partial charge in [0.2, 0.25) is 11.8 Å². The number of nitrogens with zero attached hydrogens (tertiary/aromatic N) is 2. The van der Waals surface area contributed by atoms with Crippen LogP contribution >= 0.6 is 23.4 Å². The van der Waals surface area contributed by atoms with Gasteiger partial charge in [-0.2, -0.15) is 0 Å². The van der Waals surface area contributed by atoms with E-state index in [0.29, 0.717) is 23.8 Å². The minimum Gasteiger partial charge on any atom is -0.492 e. The fourth-order valence-electron chi connectivity index (χ4n) is 4.48. The van der Waals surface area contributed by atoms with Crippen molar-refractivity contribution in [1.29, 1.82) is 0 Å². The molecule has 0 aliphatic heterocycles. The molecule has 0 saturated carbocycles. The smallest absolute Gasteiger partial charge is 0.264 e. The minimum absolute atomic E-state index is 0.0372. The first-order valence-corrected chi connectivity index (χ1v) is 17.3. The highest BCUT2D eigenvalue weighted by atomic mass is 35.5. The third-order valence-corrected chi connectivity index (χ3v) is 9.78. The van der Waals surface area contributed by atoms with Crippen LogP contribution in [0.4, 0.5) is 5.69 Å². The van der Waals surface area contributed by atoms with Crippen molar-refractivity contribution in [2.24, 2.45) is 0 Å². The molecule has 0 aromatic heterocycles. The van der Waals surface area contributed by atoms with Gasteiger partial charge in [0.25, 0.3) is 10.0 Å². The normalized spacial score (nSPS) is 12.7. The Morgan fingerprint density at radius 2 is 1.60 bits per heavy atom. The summed E-state index contributed by atoms with van der Waals surface area (Å²) in [6.45, 7) is 7.34. The fraction of sp³-hybridized carbons (Fsp3) is 0.375. The van der Waals surface area contributed by atoms with Crippen LogP contribution in [0.2, 0.25) is 5.02 Å². The van der Waals surface area contributed by atoms with Crippen molar-refractivity contribution in [3.05, 3.63) is 83.4 Å². The lowest BCUT2D eigenvalue weighted by Crippen LogP contribution is -2.53. The number of hydrogen-bond donors (Lipinski definition) is 1. The first kappa shape index (κ1) is 34.3. The van der Waals surface area contributed by atoms with Gasteiger partial charge in [-0.1, -0.05) is 49.7 Å². The summed E-state index contributed by atoms with van der Waals surface area (Å²) in [5.41, 5.74) is 0.986. The van der Waals surface area contributed by atoms with Gasteiger partial charge in [-0.3, -0.25) is 13.9 Å². The Morgan fingerprint density at radius 1 is 0.953 bits per heavy atom. The van der Waals surface area contributed by atoms with Gasteiger partial charge in [-0.05, 0) is 87.0 Å². The van der Waals surface area contributed by atoms with Crippen molar-refractivity contribution in [3.8, 4) is 5.75 Å². The zero-order valence-electron chi connectivity index (χ0n) is 25.2. The molecule has 0 heterocycles. The van der Waals surface area contributed by atoms with E-state index in [0.717, 1.165) is 21.2 Å². The summed E-state index contributed by atoms with van der Waals surface area (Å²) in [4.78, 5) is 30.1. The number of ether oxygens (including phenoxy) is 1. The average Bonchev–Trinajstić information content (AvgIpc) is 3.01. The maximum absolute atomic E-state index is 14.3. The van der Waals surface area contributed by atoms with E-state index in [1.165, 1.54) is 28.8 Å². The fourth-order valence-corrected chi connectivity index (χ4v) is 6.44. The van der Waals surface area contributed by atoms with Gasteiger partial charge in [-0.15, -0.1) is 11.8 Å². The molecule has 232 valence electrons. The van der Waals surface area contributed by atoms with Crippen molar-refractivity contribution >= 4 is 50.9 Å². The zero-order chi connectivity index (χ0) is 31.6. The number of para-hydroxylation sites is 2. The number of benzene rings is 3. The number of hydrogen-bond acceptors (Lipinski definition) is 6. The SMILES string of the molecule is CCOc1ccccc1N(CC(=O)N(Cc1ccc(Cl)cc1)[C@H](CC)C(=O)N[C@@H](C)CC)S(=O)(=O)c1ccc(SC)cc1. The Labute approximate surface area is 264 Å². The molecule has 0 fully saturated rings. The summed E-state index contributed by atoms with van der Waals surface area (Å²) in [5, 5.41) is 3.52. The van der Waals surface area contributed by atoms with E-state index in [-0.39, 0.29) is 29.1 Å². The largest absolute Gasteiger partial charge is 0.492 e. The molecule has 0 aliphatic carbocycles. The average molecular weight is 646 g/mol. The Bertz CT molecular complexity index is 1470. The molecule has 43 heavy (non-hydrogen) atoms. The summed E-state index contributed by atoms with van der Waals surface area (Å²) < 4.78 is 35.3. The lowest BCUT2D eigenvalue weighted by Gasteiger charge is -2.34. The van der Waals surface area contributed by atoms with Gasteiger partial charge in [-0.25, -0.2) is 8.42 Å². The van der Waals surface area contributed by atoms with Crippen molar-refractivity contribution < 1.29 is 22.7 Å². The van der Waals surface area contributed by atoms with Crippen LogP contribution in [0.5, 0.6) is 5.75 Å². The molecular weight excluding hydrogens is 606 g/mol. The maximum atomic E-state index is 14.3. The second-order valence-corrected chi connectivity index (χ2v) is 13.2. The Hall–Kier alpha value is -3.21.